The first-order chi connectivity index (χ1) is 16.6. The lowest BCUT2D eigenvalue weighted by Gasteiger charge is -2.13. The Morgan fingerprint density at radius 3 is 1.29 bits per heavy atom. The number of hydrogen-bond donors (Lipinski definition) is 0. The van der Waals surface area contributed by atoms with Crippen molar-refractivity contribution in [1.29, 1.82) is 0 Å². The fourth-order valence-electron chi connectivity index (χ4n) is 4.87. The van der Waals surface area contributed by atoms with E-state index in [1.807, 2.05) is 20.8 Å². The number of fused-ring (bicyclic) bond motifs is 2. The van der Waals surface area contributed by atoms with Gasteiger partial charge in [-0.15, -0.1) is 0 Å². The number of nitrogens with zero attached hydrogens (tertiary/aromatic N) is 3. The third-order valence-electron chi connectivity index (χ3n) is 6.12. The van der Waals surface area contributed by atoms with E-state index >= 15 is 0 Å². The molecule has 3 nitrogen and oxygen atoms in total. The summed E-state index contributed by atoms with van der Waals surface area (Å²) in [5, 5.41) is 5.57. The van der Waals surface area contributed by atoms with Crippen LogP contribution in [0.1, 0.15) is 50.9 Å². The Labute approximate surface area is 210 Å². The van der Waals surface area contributed by atoms with E-state index < -0.39 is 0 Å². The fourth-order valence-corrected chi connectivity index (χ4v) is 4.87. The summed E-state index contributed by atoms with van der Waals surface area (Å²) < 4.78 is 0. The van der Waals surface area contributed by atoms with Crippen molar-refractivity contribution in [1.82, 2.24) is 15.0 Å². The molecule has 0 saturated carbocycles. The van der Waals surface area contributed by atoms with Crippen LogP contribution in [0.3, 0.4) is 0 Å². The number of rotatable bonds is 0. The number of hydrogen-bond acceptors (Lipinski definition) is 3. The van der Waals surface area contributed by atoms with Gasteiger partial charge in [0.2, 0.25) is 0 Å². The molecule has 5 rings (SSSR count). The van der Waals surface area contributed by atoms with E-state index in [-0.39, 0.29) is 0 Å². The topological polar surface area (TPSA) is 38.7 Å². The highest BCUT2D eigenvalue weighted by Crippen LogP contribution is 2.33. The van der Waals surface area contributed by atoms with Crippen LogP contribution in [-0.4, -0.2) is 15.0 Å². The highest BCUT2D eigenvalue weighted by atomic mass is 15.0. The van der Waals surface area contributed by atoms with Gasteiger partial charge in [-0.1, -0.05) is 77.4 Å². The predicted molar refractivity (Wildman–Crippen MR) is 150 cm³/mol. The van der Waals surface area contributed by atoms with Crippen molar-refractivity contribution in [2.45, 2.75) is 62.3 Å². The molecule has 3 heteroatoms. The van der Waals surface area contributed by atoms with E-state index in [0.717, 1.165) is 17.5 Å². The summed E-state index contributed by atoms with van der Waals surface area (Å²) in [4.78, 5) is 12.0. The van der Waals surface area contributed by atoms with E-state index in [1.165, 1.54) is 54.9 Å². The van der Waals surface area contributed by atoms with Crippen LogP contribution in [0.2, 0.25) is 0 Å². The van der Waals surface area contributed by atoms with Gasteiger partial charge in [-0.2, -0.15) is 0 Å². The lowest BCUT2D eigenvalue weighted by atomic mass is 9.91. The largest absolute Gasteiger partial charge is 0.219 e. The number of benzene rings is 4. The summed E-state index contributed by atoms with van der Waals surface area (Å²) >= 11 is 0. The van der Waals surface area contributed by atoms with Crippen LogP contribution in [0.5, 0.6) is 0 Å². The average Bonchev–Trinajstić information content (AvgIpc) is 2.76. The van der Waals surface area contributed by atoms with Gasteiger partial charge in [0.1, 0.15) is 17.5 Å². The first kappa shape index (κ1) is 26.0. The van der Waals surface area contributed by atoms with E-state index in [0.29, 0.717) is 0 Å². The molecule has 0 spiro atoms. The zero-order chi connectivity index (χ0) is 25.7. The van der Waals surface area contributed by atoms with Crippen molar-refractivity contribution >= 4 is 21.5 Å². The van der Waals surface area contributed by atoms with Crippen LogP contribution in [0.15, 0.2) is 60.7 Å². The average molecular weight is 464 g/mol. The Bertz CT molecular complexity index is 1330. The molecule has 0 radical (unpaired) electrons. The van der Waals surface area contributed by atoms with E-state index in [1.54, 1.807) is 0 Å². The third kappa shape index (κ3) is 6.51. The molecule has 0 atom stereocenters. The van der Waals surface area contributed by atoms with Crippen LogP contribution in [0.4, 0.5) is 0 Å². The van der Waals surface area contributed by atoms with E-state index in [2.05, 4.69) is 117 Å². The normalized spacial score (nSPS) is 10.4. The minimum Gasteiger partial charge on any atom is -0.219 e. The minimum absolute atomic E-state index is 0.792. The van der Waals surface area contributed by atoms with Gasteiger partial charge < -0.3 is 0 Å². The molecule has 0 unspecified atom stereocenters. The molecule has 1 heterocycles. The van der Waals surface area contributed by atoms with Crippen molar-refractivity contribution < 1.29 is 0 Å². The molecular formula is C32H37N3. The van der Waals surface area contributed by atoms with E-state index in [4.69, 9.17) is 0 Å². The molecule has 0 amide bonds. The summed E-state index contributed by atoms with van der Waals surface area (Å²) in [6.45, 7) is 18.6. The van der Waals surface area contributed by atoms with Crippen molar-refractivity contribution in [3.05, 3.63) is 112 Å². The Morgan fingerprint density at radius 1 is 0.429 bits per heavy atom. The first-order valence-electron chi connectivity index (χ1n) is 12.1. The summed E-state index contributed by atoms with van der Waals surface area (Å²) in [5.41, 5.74) is 8.23. The maximum absolute atomic E-state index is 4.01. The van der Waals surface area contributed by atoms with Gasteiger partial charge in [-0.05, 0) is 101 Å². The smallest absolute Gasteiger partial charge is 0.129 e. The molecule has 180 valence electrons. The van der Waals surface area contributed by atoms with E-state index in [9.17, 15) is 0 Å². The zero-order valence-electron chi connectivity index (χ0n) is 22.6. The van der Waals surface area contributed by atoms with Crippen LogP contribution in [0.25, 0.3) is 21.5 Å². The molecule has 0 N–H and O–H groups in total. The molecule has 35 heavy (non-hydrogen) atoms. The third-order valence-corrected chi connectivity index (χ3v) is 6.12. The Kier molecular flexibility index (Phi) is 8.34. The summed E-state index contributed by atoms with van der Waals surface area (Å²) in [7, 11) is 0. The van der Waals surface area contributed by atoms with Gasteiger partial charge in [0, 0.05) is 0 Å². The lowest BCUT2D eigenvalue weighted by Crippen LogP contribution is -1.97. The second kappa shape index (κ2) is 11.2. The molecular weight excluding hydrogens is 426 g/mol. The molecule has 5 aromatic rings. The summed E-state index contributed by atoms with van der Waals surface area (Å²) in [5.74, 6) is 2.38. The predicted octanol–water partition coefficient (Wildman–Crippen LogP) is 8.33. The highest BCUT2D eigenvalue weighted by Gasteiger charge is 2.09. The maximum atomic E-state index is 4.01. The Hall–Kier alpha value is -3.59. The molecule has 0 saturated heterocycles. The van der Waals surface area contributed by atoms with Crippen LogP contribution in [0, 0.1) is 62.3 Å². The molecule has 0 fully saturated rings. The van der Waals surface area contributed by atoms with Crippen LogP contribution >= 0.6 is 0 Å². The van der Waals surface area contributed by atoms with Crippen molar-refractivity contribution in [2.75, 3.05) is 0 Å². The van der Waals surface area contributed by atoms with Gasteiger partial charge in [0.05, 0.1) is 0 Å². The monoisotopic (exact) mass is 463 g/mol. The summed E-state index contributed by atoms with van der Waals surface area (Å²) in [6.07, 6.45) is 0. The molecule has 0 aliphatic carbocycles. The first-order valence-corrected chi connectivity index (χ1v) is 12.1. The summed E-state index contributed by atoms with van der Waals surface area (Å²) in [6, 6.07) is 21.8. The second-order valence-corrected chi connectivity index (χ2v) is 9.44. The molecule has 1 aromatic heterocycles. The van der Waals surface area contributed by atoms with Gasteiger partial charge in [-0.3, -0.25) is 0 Å². The van der Waals surface area contributed by atoms with Crippen LogP contribution < -0.4 is 0 Å². The molecule has 0 aliphatic rings. The minimum atomic E-state index is 0.792. The number of aryl methyl sites for hydroxylation is 9. The molecule has 4 aromatic carbocycles. The Morgan fingerprint density at radius 2 is 0.829 bits per heavy atom. The van der Waals surface area contributed by atoms with Gasteiger partial charge in [0.25, 0.3) is 0 Å². The van der Waals surface area contributed by atoms with Gasteiger partial charge >= 0.3 is 0 Å². The van der Waals surface area contributed by atoms with Crippen LogP contribution in [-0.2, 0) is 0 Å². The zero-order valence-corrected chi connectivity index (χ0v) is 22.6. The fraction of sp³-hybridized carbons (Fsp3) is 0.281. The van der Waals surface area contributed by atoms with Crippen molar-refractivity contribution in [3.63, 3.8) is 0 Å². The van der Waals surface area contributed by atoms with Crippen molar-refractivity contribution in [3.8, 4) is 0 Å². The highest BCUT2D eigenvalue weighted by molar-refractivity contribution is 6.06. The SMILES string of the molecule is Cc1c2ccccc2c(C)c2c(C)cccc12.Cc1cc(C)cc(C)c1.Cc1nc(C)nc(C)n1. The maximum Gasteiger partial charge on any atom is 0.129 e. The Balaban J connectivity index is 0.000000162. The molecule has 0 aliphatic heterocycles. The second-order valence-electron chi connectivity index (χ2n) is 9.44. The van der Waals surface area contributed by atoms with Crippen molar-refractivity contribution in [2.24, 2.45) is 0 Å². The number of aromatic nitrogens is 3. The van der Waals surface area contributed by atoms with Gasteiger partial charge in [0.15, 0.2) is 0 Å². The lowest BCUT2D eigenvalue weighted by molar-refractivity contribution is 0.875. The molecule has 0 bridgehead atoms. The standard InChI is InChI=1S/C17H16.C9H12.C6H9N3/c1-11-7-6-10-16-12(2)14-8-4-5-9-15(14)13(3)17(11)16;1-7-4-8(2)6-9(3)5-7;1-4-7-5(2)9-6(3)8-4/h4-10H,1-3H3;4-6H,1-3H3;1-3H3. The quantitative estimate of drug-likeness (QED) is 0.217. The van der Waals surface area contributed by atoms with Gasteiger partial charge in [-0.25, -0.2) is 15.0 Å².